The normalized spacial score (nSPS) is 11.5. The topological polar surface area (TPSA) is 37.5 Å². The molecule has 0 atom stereocenters. The lowest BCUT2D eigenvalue weighted by molar-refractivity contribution is 0.282. The summed E-state index contributed by atoms with van der Waals surface area (Å²) in [5.41, 5.74) is 2.06. The smallest absolute Gasteiger partial charge is 0.194 e. The molecule has 0 saturated heterocycles. The van der Waals surface area contributed by atoms with E-state index in [2.05, 4.69) is 4.98 Å². The van der Waals surface area contributed by atoms with Crippen LogP contribution in [0.1, 0.15) is 5.56 Å². The molecule has 4 heteroatoms. The summed E-state index contributed by atoms with van der Waals surface area (Å²) in [7, 11) is 0. The monoisotopic (exact) mass is 204 g/mol. The molecule has 14 heavy (non-hydrogen) atoms. The van der Waals surface area contributed by atoms with Crippen LogP contribution in [-0.4, -0.2) is 14.5 Å². The minimum Gasteiger partial charge on any atom is -0.392 e. The highest BCUT2D eigenvalue weighted by molar-refractivity contribution is 7.23. The highest BCUT2D eigenvalue weighted by Crippen LogP contribution is 2.26. The predicted molar refractivity (Wildman–Crippen MR) is 56.5 cm³/mol. The Bertz CT molecular complexity index is 596. The zero-order valence-electron chi connectivity index (χ0n) is 7.34. The summed E-state index contributed by atoms with van der Waals surface area (Å²) < 4.78 is 3.24. The van der Waals surface area contributed by atoms with E-state index >= 15 is 0 Å². The molecule has 0 spiro atoms. The molecule has 0 aliphatic carbocycles. The van der Waals surface area contributed by atoms with Crippen molar-refractivity contribution in [3.63, 3.8) is 0 Å². The SMILES string of the molecule is OCc1ccc2sc3nccn3c2c1. The van der Waals surface area contributed by atoms with Gasteiger partial charge in [-0.05, 0) is 17.7 Å². The fourth-order valence-corrected chi connectivity index (χ4v) is 2.55. The Balaban J connectivity index is 2.46. The zero-order valence-corrected chi connectivity index (χ0v) is 8.16. The van der Waals surface area contributed by atoms with Gasteiger partial charge in [-0.3, -0.25) is 4.40 Å². The van der Waals surface area contributed by atoms with E-state index in [0.717, 1.165) is 16.0 Å². The summed E-state index contributed by atoms with van der Waals surface area (Å²) in [6.45, 7) is 0.0853. The summed E-state index contributed by atoms with van der Waals surface area (Å²) in [6.07, 6.45) is 3.73. The van der Waals surface area contributed by atoms with Crippen LogP contribution in [0.25, 0.3) is 15.2 Å². The summed E-state index contributed by atoms with van der Waals surface area (Å²) in [4.78, 5) is 5.23. The Kier molecular flexibility index (Phi) is 1.59. The lowest BCUT2D eigenvalue weighted by atomic mass is 10.2. The first kappa shape index (κ1) is 7.96. The Morgan fingerprint density at radius 1 is 1.43 bits per heavy atom. The van der Waals surface area contributed by atoms with Gasteiger partial charge in [-0.2, -0.15) is 0 Å². The predicted octanol–water partition coefficient (Wildman–Crippen LogP) is 2.04. The third-order valence-electron chi connectivity index (χ3n) is 2.27. The molecular weight excluding hydrogens is 196 g/mol. The van der Waals surface area contributed by atoms with Gasteiger partial charge in [0.1, 0.15) is 0 Å². The molecule has 0 bridgehead atoms. The molecule has 3 rings (SSSR count). The fraction of sp³-hybridized carbons (Fsp3) is 0.100. The number of aliphatic hydroxyl groups excluding tert-OH is 1. The first-order chi connectivity index (χ1) is 6.88. The third kappa shape index (κ3) is 0.981. The summed E-state index contributed by atoms with van der Waals surface area (Å²) >= 11 is 1.66. The molecule has 70 valence electrons. The van der Waals surface area contributed by atoms with Crippen LogP contribution in [0, 0.1) is 0 Å². The summed E-state index contributed by atoms with van der Waals surface area (Å²) in [6, 6.07) is 5.97. The van der Waals surface area contributed by atoms with Crippen LogP contribution in [0.4, 0.5) is 0 Å². The maximum absolute atomic E-state index is 9.04. The molecule has 3 aromatic rings. The molecule has 0 saturated carbocycles. The van der Waals surface area contributed by atoms with E-state index in [0.29, 0.717) is 0 Å². The van der Waals surface area contributed by atoms with Gasteiger partial charge in [0.15, 0.2) is 4.96 Å². The van der Waals surface area contributed by atoms with Gasteiger partial charge in [0, 0.05) is 12.4 Å². The van der Waals surface area contributed by atoms with Gasteiger partial charge >= 0.3 is 0 Å². The lowest BCUT2D eigenvalue weighted by Gasteiger charge is -1.95. The number of hydrogen-bond acceptors (Lipinski definition) is 3. The van der Waals surface area contributed by atoms with Crippen molar-refractivity contribution in [3.05, 3.63) is 36.2 Å². The van der Waals surface area contributed by atoms with Gasteiger partial charge in [0.2, 0.25) is 0 Å². The minimum atomic E-state index is 0.0853. The lowest BCUT2D eigenvalue weighted by Crippen LogP contribution is -1.83. The van der Waals surface area contributed by atoms with E-state index in [1.807, 2.05) is 28.8 Å². The number of hydrogen-bond donors (Lipinski definition) is 1. The summed E-state index contributed by atoms with van der Waals surface area (Å²) in [5, 5.41) is 9.04. The Labute approximate surface area is 84.3 Å². The van der Waals surface area contributed by atoms with E-state index < -0.39 is 0 Å². The summed E-state index contributed by atoms with van der Waals surface area (Å²) in [5.74, 6) is 0. The van der Waals surface area contributed by atoms with Gasteiger partial charge < -0.3 is 5.11 Å². The van der Waals surface area contributed by atoms with Crippen molar-refractivity contribution < 1.29 is 5.11 Å². The molecule has 0 fully saturated rings. The van der Waals surface area contributed by atoms with E-state index in [9.17, 15) is 0 Å². The molecule has 0 radical (unpaired) electrons. The molecule has 1 N–H and O–H groups in total. The number of aliphatic hydroxyl groups is 1. The van der Waals surface area contributed by atoms with Crippen LogP contribution in [0.15, 0.2) is 30.6 Å². The fourth-order valence-electron chi connectivity index (χ4n) is 1.58. The van der Waals surface area contributed by atoms with E-state index in [1.54, 1.807) is 17.5 Å². The number of aromatic nitrogens is 2. The van der Waals surface area contributed by atoms with Crippen LogP contribution in [0.5, 0.6) is 0 Å². The van der Waals surface area contributed by atoms with Gasteiger partial charge in [-0.15, -0.1) is 0 Å². The second-order valence-electron chi connectivity index (χ2n) is 3.14. The minimum absolute atomic E-state index is 0.0853. The molecule has 0 amide bonds. The highest BCUT2D eigenvalue weighted by atomic mass is 32.1. The maximum Gasteiger partial charge on any atom is 0.194 e. The van der Waals surface area contributed by atoms with Crippen molar-refractivity contribution in [1.29, 1.82) is 0 Å². The number of nitrogens with zero attached hydrogens (tertiary/aromatic N) is 2. The average molecular weight is 204 g/mol. The van der Waals surface area contributed by atoms with Gasteiger partial charge in [0.05, 0.1) is 16.8 Å². The van der Waals surface area contributed by atoms with E-state index in [-0.39, 0.29) is 6.61 Å². The second-order valence-corrected chi connectivity index (χ2v) is 4.15. The number of benzene rings is 1. The Morgan fingerprint density at radius 2 is 2.36 bits per heavy atom. The van der Waals surface area contributed by atoms with E-state index in [4.69, 9.17) is 5.11 Å². The van der Waals surface area contributed by atoms with Crippen LogP contribution in [0.3, 0.4) is 0 Å². The first-order valence-corrected chi connectivity index (χ1v) is 5.15. The first-order valence-electron chi connectivity index (χ1n) is 4.34. The van der Waals surface area contributed by atoms with Crippen LogP contribution < -0.4 is 0 Å². The standard InChI is InChI=1S/C10H8N2OS/c13-6-7-1-2-9-8(5-7)12-4-3-11-10(12)14-9/h1-5,13H,6H2. The van der Waals surface area contributed by atoms with E-state index in [1.165, 1.54) is 4.70 Å². The van der Waals surface area contributed by atoms with Crippen LogP contribution in [0.2, 0.25) is 0 Å². The Morgan fingerprint density at radius 3 is 3.21 bits per heavy atom. The molecule has 0 aliphatic heterocycles. The van der Waals surface area contributed by atoms with Crippen molar-refractivity contribution in [1.82, 2.24) is 9.38 Å². The average Bonchev–Trinajstić information content (AvgIpc) is 2.76. The van der Waals surface area contributed by atoms with Crippen molar-refractivity contribution >= 4 is 26.5 Å². The number of thiazole rings is 1. The molecule has 3 nitrogen and oxygen atoms in total. The largest absolute Gasteiger partial charge is 0.392 e. The zero-order chi connectivity index (χ0) is 9.54. The Hall–Kier alpha value is -1.39. The molecule has 0 aliphatic rings. The van der Waals surface area contributed by atoms with Crippen molar-refractivity contribution in [2.75, 3.05) is 0 Å². The van der Waals surface area contributed by atoms with Gasteiger partial charge in [-0.1, -0.05) is 17.4 Å². The molecule has 1 aromatic carbocycles. The van der Waals surface area contributed by atoms with Crippen molar-refractivity contribution in [2.45, 2.75) is 6.61 Å². The van der Waals surface area contributed by atoms with Crippen molar-refractivity contribution in [3.8, 4) is 0 Å². The molecular formula is C10H8N2OS. The maximum atomic E-state index is 9.04. The molecule has 2 heterocycles. The number of imidazole rings is 1. The number of fused-ring (bicyclic) bond motifs is 3. The van der Waals surface area contributed by atoms with Crippen LogP contribution in [-0.2, 0) is 6.61 Å². The number of rotatable bonds is 1. The quantitative estimate of drug-likeness (QED) is 0.658. The van der Waals surface area contributed by atoms with Crippen LogP contribution >= 0.6 is 11.3 Å². The van der Waals surface area contributed by atoms with Gasteiger partial charge in [0.25, 0.3) is 0 Å². The molecule has 0 unspecified atom stereocenters. The third-order valence-corrected chi connectivity index (χ3v) is 3.32. The molecule has 2 aromatic heterocycles. The highest BCUT2D eigenvalue weighted by Gasteiger charge is 2.04. The van der Waals surface area contributed by atoms with Gasteiger partial charge in [-0.25, -0.2) is 4.98 Å². The second kappa shape index (κ2) is 2.80. The van der Waals surface area contributed by atoms with Crippen molar-refractivity contribution in [2.24, 2.45) is 0 Å².